The number of pyridine rings is 2. The summed E-state index contributed by atoms with van der Waals surface area (Å²) >= 11 is 6.07. The molecule has 0 aliphatic carbocycles. The number of sulfonamides is 1. The van der Waals surface area contributed by atoms with E-state index in [0.29, 0.717) is 29.7 Å². The van der Waals surface area contributed by atoms with Gasteiger partial charge in [0, 0.05) is 54.5 Å². The number of hydrogen-bond donors (Lipinski definition) is 2. The molecule has 4 rings (SSSR count). The predicted molar refractivity (Wildman–Crippen MR) is 143 cm³/mol. The number of nitrogens with zero attached hydrogens (tertiary/aromatic N) is 3. The summed E-state index contributed by atoms with van der Waals surface area (Å²) in [5.74, 6) is 0.962. The average Bonchev–Trinajstić information content (AvgIpc) is 2.88. The number of benzene rings is 2. The van der Waals surface area contributed by atoms with Gasteiger partial charge in [0.2, 0.25) is 15.9 Å². The molecule has 10 heteroatoms. The molecule has 0 bridgehead atoms. The number of aromatic nitrogens is 2. The summed E-state index contributed by atoms with van der Waals surface area (Å²) in [6, 6.07) is 19.8. The SMILES string of the molecule is CCN(CCNc1ccnc2cc(Cl)ccc12)CCNS(=O)(=O)c1ccc(Oc2ccccc2)nc1. The monoisotopic (exact) mass is 525 g/mol. The molecule has 0 aliphatic heterocycles. The smallest absolute Gasteiger partial charge is 0.242 e. The van der Waals surface area contributed by atoms with Gasteiger partial charge in [-0.2, -0.15) is 0 Å². The summed E-state index contributed by atoms with van der Waals surface area (Å²) in [5.41, 5.74) is 1.82. The molecule has 8 nitrogen and oxygen atoms in total. The van der Waals surface area contributed by atoms with Gasteiger partial charge in [-0.1, -0.05) is 36.7 Å². The highest BCUT2D eigenvalue weighted by Gasteiger charge is 2.15. The van der Waals surface area contributed by atoms with E-state index in [1.165, 1.54) is 12.3 Å². The van der Waals surface area contributed by atoms with Crippen LogP contribution in [0.2, 0.25) is 5.02 Å². The lowest BCUT2D eigenvalue weighted by Crippen LogP contribution is -2.37. The third-order valence-electron chi connectivity index (χ3n) is 5.60. The van der Waals surface area contributed by atoms with Crippen LogP contribution in [0.5, 0.6) is 11.6 Å². The number of fused-ring (bicyclic) bond motifs is 1. The third kappa shape index (κ3) is 6.92. The summed E-state index contributed by atoms with van der Waals surface area (Å²) in [6.45, 7) is 5.16. The number of nitrogens with one attached hydrogen (secondary N) is 2. The van der Waals surface area contributed by atoms with Crippen molar-refractivity contribution in [2.45, 2.75) is 11.8 Å². The van der Waals surface area contributed by atoms with Gasteiger partial charge in [-0.3, -0.25) is 4.98 Å². The van der Waals surface area contributed by atoms with Gasteiger partial charge in [0.1, 0.15) is 10.6 Å². The normalized spacial score (nSPS) is 11.6. The minimum atomic E-state index is -3.67. The largest absolute Gasteiger partial charge is 0.439 e. The summed E-state index contributed by atoms with van der Waals surface area (Å²) in [4.78, 5) is 10.8. The lowest BCUT2D eigenvalue weighted by molar-refractivity contribution is 0.304. The summed E-state index contributed by atoms with van der Waals surface area (Å²) in [6.07, 6.45) is 3.05. The number of likely N-dealkylation sites (N-methyl/N-ethyl adjacent to an activating group) is 1. The van der Waals surface area contributed by atoms with E-state index in [1.54, 1.807) is 24.4 Å². The fourth-order valence-electron chi connectivity index (χ4n) is 3.67. The molecule has 2 aromatic heterocycles. The molecule has 0 aliphatic rings. The third-order valence-corrected chi connectivity index (χ3v) is 7.28. The minimum Gasteiger partial charge on any atom is -0.439 e. The van der Waals surface area contributed by atoms with Gasteiger partial charge in [0.05, 0.1) is 11.7 Å². The minimum absolute atomic E-state index is 0.0947. The Morgan fingerprint density at radius 1 is 0.972 bits per heavy atom. The second-order valence-corrected chi connectivity index (χ2v) is 10.2. The van der Waals surface area contributed by atoms with Gasteiger partial charge in [-0.05, 0) is 49.0 Å². The molecule has 0 saturated carbocycles. The predicted octanol–water partition coefficient (Wildman–Crippen LogP) is 4.79. The molecule has 0 saturated heterocycles. The first-order valence-electron chi connectivity index (χ1n) is 11.6. The van der Waals surface area contributed by atoms with Crippen LogP contribution in [-0.2, 0) is 10.0 Å². The van der Waals surface area contributed by atoms with E-state index < -0.39 is 10.0 Å². The van der Waals surface area contributed by atoms with Crippen LogP contribution in [0.3, 0.4) is 0 Å². The summed E-state index contributed by atoms with van der Waals surface area (Å²) in [7, 11) is -3.67. The van der Waals surface area contributed by atoms with E-state index in [1.807, 2.05) is 49.4 Å². The molecule has 188 valence electrons. The second-order valence-electron chi connectivity index (χ2n) is 8.03. The topological polar surface area (TPSA) is 96.5 Å². The van der Waals surface area contributed by atoms with Crippen molar-refractivity contribution < 1.29 is 13.2 Å². The number of ether oxygens (including phenoxy) is 1. The number of halogens is 1. The molecule has 0 fully saturated rings. The Kier molecular flexibility index (Phi) is 8.71. The van der Waals surface area contributed by atoms with Crippen LogP contribution >= 0.6 is 11.6 Å². The molecule has 36 heavy (non-hydrogen) atoms. The average molecular weight is 526 g/mol. The molecule has 0 atom stereocenters. The van der Waals surface area contributed by atoms with E-state index in [2.05, 4.69) is 24.9 Å². The number of anilines is 1. The molecule has 4 aromatic rings. The fraction of sp³-hybridized carbons (Fsp3) is 0.231. The van der Waals surface area contributed by atoms with Crippen LogP contribution < -0.4 is 14.8 Å². The van der Waals surface area contributed by atoms with Crippen molar-refractivity contribution in [3.8, 4) is 11.6 Å². The van der Waals surface area contributed by atoms with Crippen molar-refractivity contribution in [3.05, 3.63) is 84.1 Å². The van der Waals surface area contributed by atoms with Crippen molar-refractivity contribution in [2.75, 3.05) is 38.0 Å². The highest BCUT2D eigenvalue weighted by atomic mass is 35.5. The lowest BCUT2D eigenvalue weighted by atomic mass is 10.2. The highest BCUT2D eigenvalue weighted by Crippen LogP contribution is 2.24. The molecular formula is C26H28ClN5O3S. The zero-order chi connectivity index (χ0) is 25.4. The van der Waals surface area contributed by atoms with E-state index >= 15 is 0 Å². The Bertz CT molecular complexity index is 1390. The van der Waals surface area contributed by atoms with Gasteiger partial charge in [0.15, 0.2) is 0 Å². The van der Waals surface area contributed by atoms with Crippen LogP contribution in [0.25, 0.3) is 10.9 Å². The van der Waals surface area contributed by atoms with Crippen molar-refractivity contribution in [3.63, 3.8) is 0 Å². The van der Waals surface area contributed by atoms with Crippen LogP contribution in [-0.4, -0.2) is 56.0 Å². The van der Waals surface area contributed by atoms with E-state index in [4.69, 9.17) is 16.3 Å². The first-order valence-corrected chi connectivity index (χ1v) is 13.5. The van der Waals surface area contributed by atoms with Crippen LogP contribution in [0.4, 0.5) is 5.69 Å². The van der Waals surface area contributed by atoms with Crippen LogP contribution in [0.15, 0.2) is 84.0 Å². The van der Waals surface area contributed by atoms with E-state index in [9.17, 15) is 8.42 Å². The summed E-state index contributed by atoms with van der Waals surface area (Å²) in [5, 5.41) is 5.10. The summed E-state index contributed by atoms with van der Waals surface area (Å²) < 4.78 is 33.6. The Hall–Kier alpha value is -3.24. The standard InChI is InChI=1S/C26H28ClN5O3S/c1-2-32(16-14-29-24-12-13-28-25-18-20(27)8-10-23(24)25)17-15-31-36(33,34)22-9-11-26(30-19-22)35-21-6-4-3-5-7-21/h3-13,18-19,31H,2,14-17H2,1H3,(H,28,29). The Labute approximate surface area is 216 Å². The molecule has 2 N–H and O–H groups in total. The van der Waals surface area contributed by atoms with Gasteiger partial charge in [-0.15, -0.1) is 0 Å². The van der Waals surface area contributed by atoms with E-state index in [0.717, 1.165) is 29.7 Å². The first-order chi connectivity index (χ1) is 17.4. The second kappa shape index (κ2) is 12.1. The maximum absolute atomic E-state index is 12.7. The van der Waals surface area contributed by atoms with Gasteiger partial charge in [0.25, 0.3) is 0 Å². The molecule has 0 radical (unpaired) electrons. The van der Waals surface area contributed by atoms with Crippen LogP contribution in [0.1, 0.15) is 6.92 Å². The molecule has 2 heterocycles. The zero-order valence-corrected chi connectivity index (χ0v) is 21.5. The Balaban J connectivity index is 1.25. The lowest BCUT2D eigenvalue weighted by Gasteiger charge is -2.21. The molecular weight excluding hydrogens is 498 g/mol. The maximum atomic E-state index is 12.7. The number of para-hydroxylation sites is 1. The molecule has 0 unspecified atom stereocenters. The van der Waals surface area contributed by atoms with Gasteiger partial charge < -0.3 is 15.0 Å². The van der Waals surface area contributed by atoms with Crippen molar-refractivity contribution in [1.82, 2.24) is 19.6 Å². The Morgan fingerprint density at radius 3 is 2.53 bits per heavy atom. The quantitative estimate of drug-likeness (QED) is 0.274. The molecule has 0 spiro atoms. The number of hydrogen-bond acceptors (Lipinski definition) is 7. The molecule has 2 aromatic carbocycles. The maximum Gasteiger partial charge on any atom is 0.242 e. The van der Waals surface area contributed by atoms with E-state index in [-0.39, 0.29) is 11.4 Å². The van der Waals surface area contributed by atoms with Gasteiger partial charge in [-0.25, -0.2) is 18.1 Å². The zero-order valence-electron chi connectivity index (χ0n) is 19.9. The van der Waals surface area contributed by atoms with Crippen LogP contribution in [0, 0.1) is 0 Å². The highest BCUT2D eigenvalue weighted by molar-refractivity contribution is 7.89. The van der Waals surface area contributed by atoms with Crippen molar-refractivity contribution in [1.29, 1.82) is 0 Å². The van der Waals surface area contributed by atoms with Crippen molar-refractivity contribution in [2.24, 2.45) is 0 Å². The van der Waals surface area contributed by atoms with Gasteiger partial charge >= 0.3 is 0 Å². The number of rotatable bonds is 12. The fourth-order valence-corrected chi connectivity index (χ4v) is 4.80. The Morgan fingerprint density at radius 2 is 1.78 bits per heavy atom. The van der Waals surface area contributed by atoms with Crippen molar-refractivity contribution >= 4 is 38.2 Å². The first kappa shape index (κ1) is 25.8. The molecule has 0 amide bonds.